The Morgan fingerprint density at radius 2 is 1.94 bits per heavy atom. The lowest BCUT2D eigenvalue weighted by Gasteiger charge is -2.30. The third-order valence-electron chi connectivity index (χ3n) is 3.15. The van der Waals surface area contributed by atoms with E-state index >= 15 is 0 Å². The Kier molecular flexibility index (Phi) is 3.06. The first kappa shape index (κ1) is 11.3. The van der Waals surface area contributed by atoms with Crippen molar-refractivity contribution in [3.8, 4) is 11.5 Å². The second-order valence-corrected chi connectivity index (χ2v) is 4.40. The molecular formula is C13H19NO2. The molecule has 1 aliphatic heterocycles. The van der Waals surface area contributed by atoms with Crippen molar-refractivity contribution >= 4 is 0 Å². The fraction of sp³-hybridized carbons (Fsp3) is 0.538. The third-order valence-corrected chi connectivity index (χ3v) is 3.15. The Morgan fingerprint density at radius 1 is 1.19 bits per heavy atom. The van der Waals surface area contributed by atoms with Gasteiger partial charge in [0.2, 0.25) is 0 Å². The van der Waals surface area contributed by atoms with Gasteiger partial charge < -0.3 is 14.8 Å². The van der Waals surface area contributed by atoms with E-state index in [0.717, 1.165) is 17.9 Å². The maximum Gasteiger partial charge on any atom is 0.127 e. The molecule has 1 heterocycles. The van der Waals surface area contributed by atoms with Gasteiger partial charge in [0.15, 0.2) is 0 Å². The molecule has 0 spiro atoms. The molecule has 0 aromatic heterocycles. The van der Waals surface area contributed by atoms with Crippen molar-refractivity contribution in [3.05, 3.63) is 23.3 Å². The number of hydrogen-bond donors (Lipinski definition) is 1. The van der Waals surface area contributed by atoms with Crippen molar-refractivity contribution in [2.45, 2.75) is 32.4 Å². The van der Waals surface area contributed by atoms with Gasteiger partial charge in [-0.25, -0.2) is 0 Å². The van der Waals surface area contributed by atoms with E-state index in [9.17, 15) is 0 Å². The minimum Gasteiger partial charge on any atom is -0.497 e. The highest BCUT2D eigenvalue weighted by atomic mass is 16.5. The van der Waals surface area contributed by atoms with Crippen LogP contribution in [0.25, 0.3) is 0 Å². The molecule has 0 fully saturated rings. The van der Waals surface area contributed by atoms with E-state index in [4.69, 9.17) is 9.47 Å². The Bertz CT molecular complexity index is 390. The van der Waals surface area contributed by atoms with Crippen LogP contribution in [0.2, 0.25) is 0 Å². The summed E-state index contributed by atoms with van der Waals surface area (Å²) < 4.78 is 10.7. The zero-order valence-corrected chi connectivity index (χ0v) is 10.3. The maximum absolute atomic E-state index is 5.44. The Hall–Kier alpha value is -1.22. The van der Waals surface area contributed by atoms with Crippen molar-refractivity contribution in [1.29, 1.82) is 0 Å². The predicted molar refractivity (Wildman–Crippen MR) is 64.3 cm³/mol. The second-order valence-electron chi connectivity index (χ2n) is 4.40. The highest BCUT2D eigenvalue weighted by Crippen LogP contribution is 2.36. The van der Waals surface area contributed by atoms with E-state index in [2.05, 4.69) is 25.2 Å². The van der Waals surface area contributed by atoms with Gasteiger partial charge in [-0.15, -0.1) is 0 Å². The van der Waals surface area contributed by atoms with Crippen molar-refractivity contribution in [3.63, 3.8) is 0 Å². The van der Waals surface area contributed by atoms with Gasteiger partial charge in [0.1, 0.15) is 11.5 Å². The zero-order chi connectivity index (χ0) is 11.7. The van der Waals surface area contributed by atoms with Crippen LogP contribution in [0.4, 0.5) is 0 Å². The van der Waals surface area contributed by atoms with Crippen LogP contribution in [-0.4, -0.2) is 20.3 Å². The molecule has 1 N–H and O–H groups in total. The Labute approximate surface area is 96.8 Å². The van der Waals surface area contributed by atoms with Crippen LogP contribution < -0.4 is 14.8 Å². The lowest BCUT2D eigenvalue weighted by molar-refractivity contribution is 0.370. The van der Waals surface area contributed by atoms with Gasteiger partial charge in [-0.2, -0.15) is 0 Å². The van der Waals surface area contributed by atoms with E-state index in [1.807, 2.05) is 6.07 Å². The first-order valence-corrected chi connectivity index (χ1v) is 5.66. The van der Waals surface area contributed by atoms with Crippen LogP contribution in [0.15, 0.2) is 12.1 Å². The van der Waals surface area contributed by atoms with Gasteiger partial charge in [-0.3, -0.25) is 0 Å². The average molecular weight is 221 g/mol. The quantitative estimate of drug-likeness (QED) is 0.831. The van der Waals surface area contributed by atoms with Gasteiger partial charge in [0.05, 0.1) is 14.2 Å². The Balaban J connectivity index is 2.51. The molecule has 0 radical (unpaired) electrons. The van der Waals surface area contributed by atoms with Crippen molar-refractivity contribution in [1.82, 2.24) is 5.32 Å². The number of nitrogens with one attached hydrogen (secondary N) is 1. The molecule has 3 heteroatoms. The summed E-state index contributed by atoms with van der Waals surface area (Å²) in [5.74, 6) is 1.79. The summed E-state index contributed by atoms with van der Waals surface area (Å²) in [6, 6.07) is 4.90. The summed E-state index contributed by atoms with van der Waals surface area (Å²) >= 11 is 0. The summed E-state index contributed by atoms with van der Waals surface area (Å²) in [7, 11) is 3.40. The molecule has 1 aromatic carbocycles. The summed E-state index contributed by atoms with van der Waals surface area (Å²) in [5.41, 5.74) is 2.59. The van der Waals surface area contributed by atoms with E-state index in [1.165, 1.54) is 11.1 Å². The number of fused-ring (bicyclic) bond motifs is 1. The lowest BCUT2D eigenvalue weighted by atomic mass is 9.90. The smallest absolute Gasteiger partial charge is 0.127 e. The highest BCUT2D eigenvalue weighted by Gasteiger charge is 2.24. The van der Waals surface area contributed by atoms with Gasteiger partial charge >= 0.3 is 0 Å². The molecule has 0 amide bonds. The lowest BCUT2D eigenvalue weighted by Crippen LogP contribution is -2.36. The van der Waals surface area contributed by atoms with Crippen molar-refractivity contribution in [2.75, 3.05) is 14.2 Å². The van der Waals surface area contributed by atoms with Crippen LogP contribution >= 0.6 is 0 Å². The summed E-state index contributed by atoms with van der Waals surface area (Å²) in [6.07, 6.45) is 1.02. The maximum atomic E-state index is 5.44. The molecule has 88 valence electrons. The molecule has 3 nitrogen and oxygen atoms in total. The molecule has 0 saturated heterocycles. The standard InChI is InChI=1S/C13H19NO2/c1-8-5-10-6-11(15-3)7-12(16-4)13(10)9(2)14-8/h6-9,14H,5H2,1-4H3/t8-,9?/m1/s1. The molecule has 0 bridgehead atoms. The Morgan fingerprint density at radius 3 is 2.56 bits per heavy atom. The minimum atomic E-state index is 0.333. The normalized spacial score (nSPS) is 23.8. The molecular weight excluding hydrogens is 202 g/mol. The van der Waals surface area contributed by atoms with Crippen LogP contribution in [-0.2, 0) is 6.42 Å². The molecule has 0 saturated carbocycles. The van der Waals surface area contributed by atoms with E-state index in [0.29, 0.717) is 12.1 Å². The van der Waals surface area contributed by atoms with E-state index in [-0.39, 0.29) is 0 Å². The molecule has 2 atom stereocenters. The highest BCUT2D eigenvalue weighted by molar-refractivity contribution is 5.49. The number of hydrogen-bond acceptors (Lipinski definition) is 3. The number of ether oxygens (including phenoxy) is 2. The molecule has 1 aliphatic rings. The van der Waals surface area contributed by atoms with Gasteiger partial charge in [-0.1, -0.05) is 0 Å². The molecule has 0 aliphatic carbocycles. The second kappa shape index (κ2) is 4.34. The molecule has 1 aromatic rings. The minimum absolute atomic E-state index is 0.333. The first-order chi connectivity index (χ1) is 7.65. The largest absolute Gasteiger partial charge is 0.497 e. The number of methoxy groups -OCH3 is 2. The molecule has 2 rings (SSSR count). The monoisotopic (exact) mass is 221 g/mol. The van der Waals surface area contributed by atoms with Crippen LogP contribution in [0.1, 0.15) is 31.0 Å². The third kappa shape index (κ3) is 1.87. The van der Waals surface area contributed by atoms with Crippen molar-refractivity contribution < 1.29 is 9.47 Å². The van der Waals surface area contributed by atoms with E-state index < -0.39 is 0 Å². The van der Waals surface area contributed by atoms with Gasteiger partial charge in [-0.05, 0) is 31.9 Å². The SMILES string of the molecule is COc1cc2c(c(OC)c1)C(C)N[C@H](C)C2. The average Bonchev–Trinajstić information content (AvgIpc) is 2.26. The van der Waals surface area contributed by atoms with Gasteiger partial charge in [0.25, 0.3) is 0 Å². The summed E-state index contributed by atoms with van der Waals surface area (Å²) in [6.45, 7) is 4.37. The first-order valence-electron chi connectivity index (χ1n) is 5.66. The fourth-order valence-corrected chi connectivity index (χ4v) is 2.50. The zero-order valence-electron chi connectivity index (χ0n) is 10.3. The van der Waals surface area contributed by atoms with E-state index in [1.54, 1.807) is 14.2 Å². The van der Waals surface area contributed by atoms with Crippen LogP contribution in [0.3, 0.4) is 0 Å². The number of benzene rings is 1. The predicted octanol–water partition coefficient (Wildman–Crippen LogP) is 2.30. The summed E-state index contributed by atoms with van der Waals surface area (Å²) in [4.78, 5) is 0. The molecule has 16 heavy (non-hydrogen) atoms. The van der Waals surface area contributed by atoms with Crippen LogP contribution in [0.5, 0.6) is 11.5 Å². The van der Waals surface area contributed by atoms with Gasteiger partial charge in [0, 0.05) is 23.7 Å². The summed E-state index contributed by atoms with van der Waals surface area (Å²) in [5, 5.41) is 3.53. The number of rotatable bonds is 2. The molecule has 1 unspecified atom stereocenters. The fourth-order valence-electron chi connectivity index (χ4n) is 2.50. The van der Waals surface area contributed by atoms with Crippen molar-refractivity contribution in [2.24, 2.45) is 0 Å². The topological polar surface area (TPSA) is 30.5 Å². The van der Waals surface area contributed by atoms with Crippen LogP contribution in [0, 0.1) is 0 Å².